The van der Waals surface area contributed by atoms with E-state index in [1.54, 1.807) is 0 Å². The van der Waals surface area contributed by atoms with Crippen molar-refractivity contribution in [3.05, 3.63) is 0 Å². The standard InChI is InChI=1S/C8H18NO3P/c1-3-11-13(10,12-4-2)8-5-7(9)6-8/h7-8H,3-6,9H2,1-2H3. The molecule has 0 atom stereocenters. The van der Waals surface area contributed by atoms with Gasteiger partial charge in [-0.05, 0) is 26.7 Å². The van der Waals surface area contributed by atoms with Gasteiger partial charge in [0.25, 0.3) is 0 Å². The highest BCUT2D eigenvalue weighted by Crippen LogP contribution is 2.59. The fourth-order valence-electron chi connectivity index (χ4n) is 1.50. The molecule has 5 heteroatoms. The summed E-state index contributed by atoms with van der Waals surface area (Å²) in [5.74, 6) is 0. The van der Waals surface area contributed by atoms with Gasteiger partial charge in [-0.25, -0.2) is 0 Å². The van der Waals surface area contributed by atoms with Crippen LogP contribution in [0.5, 0.6) is 0 Å². The summed E-state index contributed by atoms with van der Waals surface area (Å²) < 4.78 is 22.4. The quantitative estimate of drug-likeness (QED) is 0.697. The zero-order valence-corrected chi connectivity index (χ0v) is 9.13. The molecule has 0 saturated heterocycles. The maximum absolute atomic E-state index is 12.0. The lowest BCUT2D eigenvalue weighted by atomic mass is 9.93. The molecule has 0 aromatic heterocycles. The van der Waals surface area contributed by atoms with Crippen LogP contribution in [0, 0.1) is 0 Å². The maximum atomic E-state index is 12.0. The molecule has 2 N–H and O–H groups in total. The van der Waals surface area contributed by atoms with E-state index in [0.29, 0.717) is 13.2 Å². The summed E-state index contributed by atoms with van der Waals surface area (Å²) >= 11 is 0. The average Bonchev–Trinajstić information content (AvgIpc) is 2.00. The summed E-state index contributed by atoms with van der Waals surface area (Å²) in [5.41, 5.74) is 5.66. The molecule has 0 unspecified atom stereocenters. The fraction of sp³-hybridized carbons (Fsp3) is 1.00. The second kappa shape index (κ2) is 4.56. The highest BCUT2D eigenvalue weighted by Gasteiger charge is 2.43. The minimum atomic E-state index is -2.84. The van der Waals surface area contributed by atoms with Crippen LogP contribution in [0.1, 0.15) is 26.7 Å². The van der Waals surface area contributed by atoms with Gasteiger partial charge in [-0.3, -0.25) is 4.57 Å². The lowest BCUT2D eigenvalue weighted by Crippen LogP contribution is -2.40. The third-order valence-corrected chi connectivity index (χ3v) is 4.77. The Kier molecular flexibility index (Phi) is 3.92. The molecular weight excluding hydrogens is 189 g/mol. The molecule has 1 fully saturated rings. The summed E-state index contributed by atoms with van der Waals surface area (Å²) in [5, 5.41) is 0. The van der Waals surface area contributed by atoms with Gasteiger partial charge in [-0.1, -0.05) is 0 Å². The van der Waals surface area contributed by atoms with Crippen molar-refractivity contribution in [1.29, 1.82) is 0 Å². The lowest BCUT2D eigenvalue weighted by molar-refractivity contribution is 0.195. The smallest absolute Gasteiger partial charge is 0.328 e. The molecule has 0 radical (unpaired) electrons. The van der Waals surface area contributed by atoms with Crippen LogP contribution in [0.3, 0.4) is 0 Å². The molecule has 1 aliphatic rings. The van der Waals surface area contributed by atoms with Gasteiger partial charge in [0, 0.05) is 6.04 Å². The molecule has 1 rings (SSSR count). The van der Waals surface area contributed by atoms with Gasteiger partial charge in [0.1, 0.15) is 0 Å². The van der Waals surface area contributed by atoms with Crippen molar-refractivity contribution < 1.29 is 13.6 Å². The van der Waals surface area contributed by atoms with E-state index in [0.717, 1.165) is 12.8 Å². The van der Waals surface area contributed by atoms with Gasteiger partial charge in [0.05, 0.1) is 18.9 Å². The predicted octanol–water partition coefficient (Wildman–Crippen LogP) is 1.74. The first kappa shape index (κ1) is 11.2. The summed E-state index contributed by atoms with van der Waals surface area (Å²) in [6.45, 7) is 4.51. The summed E-state index contributed by atoms with van der Waals surface area (Å²) in [7, 11) is -2.84. The Morgan fingerprint density at radius 1 is 1.31 bits per heavy atom. The maximum Gasteiger partial charge on any atom is 0.333 e. The van der Waals surface area contributed by atoms with Gasteiger partial charge in [0.15, 0.2) is 0 Å². The van der Waals surface area contributed by atoms with Crippen LogP contribution in [0.15, 0.2) is 0 Å². The zero-order chi connectivity index (χ0) is 9.90. The normalized spacial score (nSPS) is 28.5. The fourth-order valence-corrected chi connectivity index (χ4v) is 3.77. The molecule has 0 bridgehead atoms. The third-order valence-electron chi connectivity index (χ3n) is 2.21. The van der Waals surface area contributed by atoms with Gasteiger partial charge < -0.3 is 14.8 Å². The van der Waals surface area contributed by atoms with Crippen LogP contribution < -0.4 is 5.73 Å². The Morgan fingerprint density at radius 3 is 2.08 bits per heavy atom. The summed E-state index contributed by atoms with van der Waals surface area (Å²) in [4.78, 5) is 0. The highest BCUT2D eigenvalue weighted by atomic mass is 31.2. The molecule has 13 heavy (non-hydrogen) atoms. The van der Waals surface area contributed by atoms with E-state index in [4.69, 9.17) is 14.8 Å². The molecule has 0 aromatic carbocycles. The summed E-state index contributed by atoms with van der Waals surface area (Å²) in [6, 6.07) is 0.180. The Balaban J connectivity index is 2.51. The molecule has 0 aliphatic heterocycles. The van der Waals surface area contributed by atoms with E-state index in [2.05, 4.69) is 0 Å². The van der Waals surface area contributed by atoms with Crippen LogP contribution in [0.4, 0.5) is 0 Å². The van der Waals surface area contributed by atoms with Crippen molar-refractivity contribution in [2.24, 2.45) is 5.73 Å². The monoisotopic (exact) mass is 207 g/mol. The second-order valence-corrected chi connectivity index (χ2v) is 5.59. The molecule has 1 saturated carbocycles. The van der Waals surface area contributed by atoms with Crippen molar-refractivity contribution in [1.82, 2.24) is 0 Å². The van der Waals surface area contributed by atoms with E-state index in [9.17, 15) is 4.57 Å². The molecule has 4 nitrogen and oxygen atoms in total. The van der Waals surface area contributed by atoms with Crippen molar-refractivity contribution in [3.63, 3.8) is 0 Å². The van der Waals surface area contributed by atoms with E-state index >= 15 is 0 Å². The lowest BCUT2D eigenvalue weighted by Gasteiger charge is -2.36. The molecule has 0 aromatic rings. The van der Waals surface area contributed by atoms with Crippen molar-refractivity contribution in [2.75, 3.05) is 13.2 Å². The first-order valence-corrected chi connectivity index (χ1v) is 6.38. The Bertz CT molecular complexity index is 194. The van der Waals surface area contributed by atoms with E-state index < -0.39 is 7.60 Å². The van der Waals surface area contributed by atoms with E-state index in [1.807, 2.05) is 13.8 Å². The van der Waals surface area contributed by atoms with Crippen molar-refractivity contribution in [3.8, 4) is 0 Å². The van der Waals surface area contributed by atoms with Crippen molar-refractivity contribution in [2.45, 2.75) is 38.4 Å². The van der Waals surface area contributed by atoms with Crippen LogP contribution in [-0.4, -0.2) is 24.9 Å². The molecular formula is C8H18NO3P. The number of hydrogen-bond acceptors (Lipinski definition) is 4. The van der Waals surface area contributed by atoms with Gasteiger partial charge in [-0.2, -0.15) is 0 Å². The van der Waals surface area contributed by atoms with Crippen LogP contribution in [0.2, 0.25) is 0 Å². The summed E-state index contributed by atoms with van der Waals surface area (Å²) in [6.07, 6.45) is 1.52. The largest absolute Gasteiger partial charge is 0.333 e. The van der Waals surface area contributed by atoms with Gasteiger partial charge in [-0.15, -0.1) is 0 Å². The topological polar surface area (TPSA) is 61.5 Å². The van der Waals surface area contributed by atoms with E-state index in [1.165, 1.54) is 0 Å². The first-order valence-electron chi connectivity index (χ1n) is 4.76. The van der Waals surface area contributed by atoms with Crippen molar-refractivity contribution >= 4 is 7.60 Å². The van der Waals surface area contributed by atoms with Gasteiger partial charge >= 0.3 is 7.60 Å². The number of rotatable bonds is 5. The minimum Gasteiger partial charge on any atom is -0.328 e. The number of nitrogens with two attached hydrogens (primary N) is 1. The van der Waals surface area contributed by atoms with Crippen LogP contribution in [0.25, 0.3) is 0 Å². The highest BCUT2D eigenvalue weighted by molar-refractivity contribution is 7.54. The predicted molar refractivity (Wildman–Crippen MR) is 51.9 cm³/mol. The minimum absolute atomic E-state index is 0.0300. The second-order valence-electron chi connectivity index (χ2n) is 3.26. The van der Waals surface area contributed by atoms with Crippen LogP contribution in [-0.2, 0) is 13.6 Å². The Hall–Kier alpha value is 0.110. The number of hydrogen-bond donors (Lipinski definition) is 1. The van der Waals surface area contributed by atoms with Gasteiger partial charge in [0.2, 0.25) is 0 Å². The molecule has 0 amide bonds. The molecule has 0 heterocycles. The third kappa shape index (κ3) is 2.53. The Morgan fingerprint density at radius 2 is 1.77 bits per heavy atom. The van der Waals surface area contributed by atoms with E-state index in [-0.39, 0.29) is 11.7 Å². The first-order chi connectivity index (χ1) is 6.12. The zero-order valence-electron chi connectivity index (χ0n) is 8.23. The SMILES string of the molecule is CCOP(=O)(OCC)C1CC(N)C1. The van der Waals surface area contributed by atoms with Crippen LogP contribution >= 0.6 is 7.60 Å². The molecule has 0 spiro atoms. The Labute approximate surface area is 79.3 Å². The molecule has 78 valence electrons. The molecule has 1 aliphatic carbocycles. The average molecular weight is 207 g/mol.